The lowest BCUT2D eigenvalue weighted by atomic mass is 10.2. The average molecular weight is 257 g/mol. The Kier molecular flexibility index (Phi) is 3.83. The predicted octanol–water partition coefficient (Wildman–Crippen LogP) is 1.70. The van der Waals surface area contributed by atoms with Crippen molar-refractivity contribution < 1.29 is 14.6 Å². The van der Waals surface area contributed by atoms with Gasteiger partial charge in [-0.25, -0.2) is 9.80 Å². The van der Waals surface area contributed by atoms with E-state index in [-0.39, 0.29) is 5.56 Å². The Morgan fingerprint density at radius 1 is 1.41 bits per heavy atom. The van der Waals surface area contributed by atoms with Gasteiger partial charge in [-0.2, -0.15) is 0 Å². The summed E-state index contributed by atoms with van der Waals surface area (Å²) in [4.78, 5) is 11.0. The maximum absolute atomic E-state index is 11.0. The molecule has 6 heteroatoms. The number of carboxylic acid groups (broad SMARTS) is 1. The van der Waals surface area contributed by atoms with Gasteiger partial charge >= 0.3 is 5.97 Å². The zero-order valence-electron chi connectivity index (χ0n) is 9.15. The van der Waals surface area contributed by atoms with Gasteiger partial charge in [-0.1, -0.05) is 11.6 Å². The van der Waals surface area contributed by atoms with Crippen LogP contribution in [0.4, 0.5) is 5.69 Å². The van der Waals surface area contributed by atoms with Crippen molar-refractivity contribution in [1.82, 2.24) is 5.01 Å². The van der Waals surface area contributed by atoms with Gasteiger partial charge in [-0.15, -0.1) is 0 Å². The number of morpholine rings is 1. The Morgan fingerprint density at radius 3 is 2.76 bits per heavy atom. The van der Waals surface area contributed by atoms with Crippen molar-refractivity contribution in [2.45, 2.75) is 0 Å². The Balaban J connectivity index is 2.17. The molecule has 92 valence electrons. The van der Waals surface area contributed by atoms with E-state index in [1.165, 1.54) is 6.07 Å². The van der Waals surface area contributed by atoms with Crippen molar-refractivity contribution in [2.75, 3.05) is 31.7 Å². The minimum Gasteiger partial charge on any atom is -0.478 e. The molecular formula is C11H13ClN2O3. The van der Waals surface area contributed by atoms with Crippen LogP contribution in [0.5, 0.6) is 0 Å². The van der Waals surface area contributed by atoms with Crippen LogP contribution in [0.15, 0.2) is 18.2 Å². The number of hydrogen-bond donors (Lipinski definition) is 2. The third-order valence-electron chi connectivity index (χ3n) is 2.50. The first-order chi connectivity index (χ1) is 8.16. The topological polar surface area (TPSA) is 61.8 Å². The van der Waals surface area contributed by atoms with E-state index in [0.29, 0.717) is 37.0 Å². The van der Waals surface area contributed by atoms with E-state index >= 15 is 0 Å². The van der Waals surface area contributed by atoms with Crippen LogP contribution in [0, 0.1) is 0 Å². The summed E-state index contributed by atoms with van der Waals surface area (Å²) in [5.74, 6) is -0.975. The maximum Gasteiger partial charge on any atom is 0.337 e. The average Bonchev–Trinajstić information content (AvgIpc) is 2.30. The SMILES string of the molecule is O=C(O)c1ccc(Cl)cc1NN1CCOCC1. The highest BCUT2D eigenvalue weighted by molar-refractivity contribution is 6.31. The molecule has 0 bridgehead atoms. The third kappa shape index (κ3) is 3.09. The Bertz CT molecular complexity index is 419. The van der Waals surface area contributed by atoms with Crippen LogP contribution in [0.3, 0.4) is 0 Å². The van der Waals surface area contributed by atoms with Crippen LogP contribution in [0.1, 0.15) is 10.4 Å². The van der Waals surface area contributed by atoms with Crippen LogP contribution in [0.2, 0.25) is 5.02 Å². The molecule has 0 amide bonds. The number of nitrogens with zero attached hydrogens (tertiary/aromatic N) is 1. The lowest BCUT2D eigenvalue weighted by Crippen LogP contribution is -2.40. The van der Waals surface area contributed by atoms with Crippen LogP contribution < -0.4 is 5.43 Å². The van der Waals surface area contributed by atoms with Gasteiger partial charge in [0.2, 0.25) is 0 Å². The number of hydrogen-bond acceptors (Lipinski definition) is 4. The van der Waals surface area contributed by atoms with Crippen molar-refractivity contribution in [2.24, 2.45) is 0 Å². The second kappa shape index (κ2) is 5.35. The molecule has 2 N–H and O–H groups in total. The number of hydrazine groups is 1. The molecule has 0 radical (unpaired) electrons. The fourth-order valence-corrected chi connectivity index (χ4v) is 1.81. The molecule has 1 aliphatic heterocycles. The smallest absolute Gasteiger partial charge is 0.337 e. The van der Waals surface area contributed by atoms with Crippen molar-refractivity contribution in [1.29, 1.82) is 0 Å². The predicted molar refractivity (Wildman–Crippen MR) is 64.4 cm³/mol. The molecule has 0 unspecified atom stereocenters. The number of carboxylic acids is 1. The highest BCUT2D eigenvalue weighted by Gasteiger charge is 2.15. The summed E-state index contributed by atoms with van der Waals surface area (Å²) in [6.07, 6.45) is 0. The van der Waals surface area contributed by atoms with Crippen LogP contribution in [-0.4, -0.2) is 42.4 Å². The molecule has 1 aromatic rings. The maximum atomic E-state index is 11.0. The summed E-state index contributed by atoms with van der Waals surface area (Å²) in [6.45, 7) is 2.70. The van der Waals surface area contributed by atoms with E-state index in [1.807, 2.05) is 5.01 Å². The molecule has 0 atom stereocenters. The summed E-state index contributed by atoms with van der Waals surface area (Å²) >= 11 is 5.86. The number of rotatable bonds is 3. The first-order valence-electron chi connectivity index (χ1n) is 5.29. The third-order valence-corrected chi connectivity index (χ3v) is 2.74. The van der Waals surface area contributed by atoms with Gasteiger partial charge in [-0.05, 0) is 18.2 Å². The molecule has 0 spiro atoms. The summed E-state index contributed by atoms with van der Waals surface area (Å²) < 4.78 is 5.21. The Hall–Kier alpha value is -1.30. The number of anilines is 1. The number of benzene rings is 1. The zero-order chi connectivity index (χ0) is 12.3. The minimum absolute atomic E-state index is 0.209. The van der Waals surface area contributed by atoms with Crippen LogP contribution in [-0.2, 0) is 4.74 Å². The first-order valence-corrected chi connectivity index (χ1v) is 5.67. The monoisotopic (exact) mass is 256 g/mol. The molecule has 1 heterocycles. The summed E-state index contributed by atoms with van der Waals surface area (Å²) in [6, 6.07) is 4.67. The summed E-state index contributed by atoms with van der Waals surface area (Å²) in [7, 11) is 0. The molecule has 1 fully saturated rings. The Morgan fingerprint density at radius 2 is 2.12 bits per heavy atom. The van der Waals surface area contributed by atoms with Gasteiger partial charge in [0.05, 0.1) is 24.5 Å². The quantitative estimate of drug-likeness (QED) is 0.862. The summed E-state index contributed by atoms with van der Waals surface area (Å²) in [5, 5.41) is 11.5. The number of aromatic carboxylic acids is 1. The van der Waals surface area contributed by atoms with E-state index in [2.05, 4.69) is 5.43 Å². The van der Waals surface area contributed by atoms with Crippen molar-refractivity contribution in [3.63, 3.8) is 0 Å². The van der Waals surface area contributed by atoms with Crippen molar-refractivity contribution in [3.8, 4) is 0 Å². The number of carbonyl (C=O) groups is 1. The fraction of sp³-hybridized carbons (Fsp3) is 0.364. The lowest BCUT2D eigenvalue weighted by Gasteiger charge is -2.28. The van der Waals surface area contributed by atoms with Gasteiger partial charge in [0, 0.05) is 18.1 Å². The molecule has 0 aliphatic carbocycles. The lowest BCUT2D eigenvalue weighted by molar-refractivity contribution is 0.0495. The van der Waals surface area contributed by atoms with Crippen LogP contribution >= 0.6 is 11.6 Å². The van der Waals surface area contributed by atoms with Crippen molar-refractivity contribution >= 4 is 23.3 Å². The zero-order valence-corrected chi connectivity index (χ0v) is 9.91. The van der Waals surface area contributed by atoms with E-state index in [4.69, 9.17) is 21.4 Å². The molecule has 1 aromatic carbocycles. The number of nitrogens with one attached hydrogen (secondary N) is 1. The largest absolute Gasteiger partial charge is 0.478 e. The number of ether oxygens (including phenoxy) is 1. The van der Waals surface area contributed by atoms with E-state index < -0.39 is 5.97 Å². The standard InChI is InChI=1S/C11H13ClN2O3/c12-8-1-2-9(11(15)16)10(7-8)13-14-3-5-17-6-4-14/h1-2,7,13H,3-6H2,(H,15,16). The molecular weight excluding hydrogens is 244 g/mol. The van der Waals surface area contributed by atoms with E-state index in [9.17, 15) is 4.79 Å². The van der Waals surface area contributed by atoms with Crippen molar-refractivity contribution in [3.05, 3.63) is 28.8 Å². The van der Waals surface area contributed by atoms with Crippen LogP contribution in [0.25, 0.3) is 0 Å². The normalized spacial score (nSPS) is 16.8. The molecule has 0 aromatic heterocycles. The molecule has 17 heavy (non-hydrogen) atoms. The van der Waals surface area contributed by atoms with Gasteiger partial charge in [0.25, 0.3) is 0 Å². The molecule has 5 nitrogen and oxygen atoms in total. The highest BCUT2D eigenvalue weighted by atomic mass is 35.5. The minimum atomic E-state index is -0.975. The Labute approximate surface area is 104 Å². The molecule has 2 rings (SSSR count). The fourth-order valence-electron chi connectivity index (χ4n) is 1.64. The second-order valence-electron chi connectivity index (χ2n) is 3.71. The van der Waals surface area contributed by atoms with E-state index in [0.717, 1.165) is 0 Å². The van der Waals surface area contributed by atoms with E-state index in [1.54, 1.807) is 12.1 Å². The summed E-state index contributed by atoms with van der Waals surface area (Å²) in [5.41, 5.74) is 3.78. The van der Waals surface area contributed by atoms with Gasteiger partial charge in [-0.3, -0.25) is 0 Å². The first kappa shape index (κ1) is 12.2. The number of halogens is 1. The molecule has 1 saturated heterocycles. The molecule has 0 saturated carbocycles. The second-order valence-corrected chi connectivity index (χ2v) is 4.14. The van der Waals surface area contributed by atoms with Gasteiger partial charge in [0.15, 0.2) is 0 Å². The highest BCUT2D eigenvalue weighted by Crippen LogP contribution is 2.21. The van der Waals surface area contributed by atoms with Gasteiger partial charge in [0.1, 0.15) is 0 Å². The van der Waals surface area contributed by atoms with Gasteiger partial charge < -0.3 is 15.3 Å². The molecule has 1 aliphatic rings.